The van der Waals surface area contributed by atoms with Gasteiger partial charge in [0.25, 0.3) is 0 Å². The molecule has 0 fully saturated rings. The fourth-order valence-electron chi connectivity index (χ4n) is 2.69. The maximum absolute atomic E-state index is 6.05. The molecule has 1 aromatic carbocycles. The highest BCUT2D eigenvalue weighted by Gasteiger charge is 2.19. The highest BCUT2D eigenvalue weighted by Crippen LogP contribution is 2.28. The Morgan fingerprint density at radius 3 is 2.81 bits per heavy atom. The normalized spacial score (nSPS) is 21.4. The van der Waals surface area contributed by atoms with Crippen LogP contribution in [0.4, 0.5) is 5.95 Å². The van der Waals surface area contributed by atoms with Gasteiger partial charge >= 0.3 is 0 Å². The molecule has 3 rings (SSSR count). The van der Waals surface area contributed by atoms with Crippen molar-refractivity contribution in [1.82, 2.24) is 9.97 Å². The zero-order valence-electron chi connectivity index (χ0n) is 12.5. The Kier molecular flexibility index (Phi) is 4.04. The van der Waals surface area contributed by atoms with Gasteiger partial charge in [0.2, 0.25) is 11.8 Å². The van der Waals surface area contributed by atoms with E-state index in [1.165, 1.54) is 0 Å². The van der Waals surface area contributed by atoms with E-state index in [2.05, 4.69) is 34.4 Å². The number of allylic oxidation sites excluding steroid dienone is 2. The molecule has 1 aliphatic carbocycles. The van der Waals surface area contributed by atoms with Gasteiger partial charge in [-0.05, 0) is 36.8 Å². The minimum absolute atomic E-state index is 0.557. The molecule has 2 aromatic rings. The number of nitrogens with one attached hydrogen (secondary N) is 1. The summed E-state index contributed by atoms with van der Waals surface area (Å²) in [6.45, 7) is 2.99. The summed E-state index contributed by atoms with van der Waals surface area (Å²) in [5.74, 6) is 2.49. The van der Waals surface area contributed by atoms with Crippen LogP contribution in [-0.4, -0.2) is 23.6 Å². The fraction of sp³-hybridized carbons (Fsp3) is 0.412. The van der Waals surface area contributed by atoms with Gasteiger partial charge < -0.3 is 10.1 Å². The topological polar surface area (TPSA) is 47.0 Å². The maximum Gasteiger partial charge on any atom is 0.226 e. The molecule has 0 spiro atoms. The summed E-state index contributed by atoms with van der Waals surface area (Å²) in [5, 5.41) is 3.96. The molecule has 1 N–H and O–H groups in total. The molecular weight excluding hydrogens is 262 g/mol. The molecule has 0 amide bonds. The monoisotopic (exact) mass is 283 g/mol. The Morgan fingerprint density at radius 1 is 1.19 bits per heavy atom. The van der Waals surface area contributed by atoms with Crippen LogP contribution in [0.3, 0.4) is 0 Å². The van der Waals surface area contributed by atoms with Gasteiger partial charge in [0, 0.05) is 7.05 Å². The lowest BCUT2D eigenvalue weighted by Crippen LogP contribution is -2.21. The molecule has 1 aromatic heterocycles. The summed E-state index contributed by atoms with van der Waals surface area (Å²) >= 11 is 0. The van der Waals surface area contributed by atoms with E-state index in [4.69, 9.17) is 4.74 Å². The smallest absolute Gasteiger partial charge is 0.226 e. The van der Waals surface area contributed by atoms with Crippen LogP contribution in [0.15, 0.2) is 36.4 Å². The molecule has 0 aliphatic heterocycles. The van der Waals surface area contributed by atoms with Crippen molar-refractivity contribution >= 4 is 16.9 Å². The third kappa shape index (κ3) is 2.99. The molecule has 2 unspecified atom stereocenters. The standard InChI is InChI=1S/C17H21N3O/c1-12-7-3-4-8-13(12)11-21-16-14-9-5-6-10-15(14)19-17(18-2)20-16/h3-6,9-10,12-13H,7-8,11H2,1-2H3,(H,18,19,20). The van der Waals surface area contributed by atoms with E-state index in [0.717, 1.165) is 23.7 Å². The molecule has 4 heteroatoms. The van der Waals surface area contributed by atoms with Gasteiger partial charge in [-0.15, -0.1) is 0 Å². The molecule has 21 heavy (non-hydrogen) atoms. The Labute approximate surface area is 125 Å². The molecule has 0 bridgehead atoms. The first-order valence-electron chi connectivity index (χ1n) is 7.50. The molecule has 0 saturated carbocycles. The number of para-hydroxylation sites is 1. The van der Waals surface area contributed by atoms with Crippen LogP contribution in [0.25, 0.3) is 10.9 Å². The van der Waals surface area contributed by atoms with Crippen molar-refractivity contribution in [2.75, 3.05) is 19.0 Å². The minimum Gasteiger partial charge on any atom is -0.477 e. The maximum atomic E-state index is 6.05. The molecule has 2 atom stereocenters. The van der Waals surface area contributed by atoms with Crippen LogP contribution in [0.5, 0.6) is 5.88 Å². The van der Waals surface area contributed by atoms with Gasteiger partial charge in [0.05, 0.1) is 17.5 Å². The Bertz CT molecular complexity index is 654. The average Bonchev–Trinajstić information content (AvgIpc) is 2.53. The number of fused-ring (bicyclic) bond motifs is 1. The van der Waals surface area contributed by atoms with Gasteiger partial charge in [0.15, 0.2) is 0 Å². The quantitative estimate of drug-likeness (QED) is 0.870. The van der Waals surface area contributed by atoms with Crippen LogP contribution in [-0.2, 0) is 0 Å². The largest absolute Gasteiger partial charge is 0.477 e. The van der Waals surface area contributed by atoms with E-state index >= 15 is 0 Å². The Balaban J connectivity index is 1.84. The third-order valence-electron chi connectivity index (χ3n) is 4.14. The van der Waals surface area contributed by atoms with Crippen molar-refractivity contribution in [3.05, 3.63) is 36.4 Å². The summed E-state index contributed by atoms with van der Waals surface area (Å²) in [5.41, 5.74) is 0.906. The SMILES string of the molecule is CNc1nc(OCC2CC=CCC2C)c2ccccc2n1. The van der Waals surface area contributed by atoms with Gasteiger partial charge in [0.1, 0.15) is 0 Å². The number of anilines is 1. The predicted molar refractivity (Wildman–Crippen MR) is 85.6 cm³/mol. The lowest BCUT2D eigenvalue weighted by atomic mass is 9.85. The van der Waals surface area contributed by atoms with Gasteiger partial charge in [-0.25, -0.2) is 4.98 Å². The van der Waals surface area contributed by atoms with E-state index in [1.807, 2.05) is 31.3 Å². The summed E-state index contributed by atoms with van der Waals surface area (Å²) in [6, 6.07) is 7.96. The molecule has 1 aliphatic rings. The minimum atomic E-state index is 0.557. The highest BCUT2D eigenvalue weighted by atomic mass is 16.5. The van der Waals surface area contributed by atoms with Crippen molar-refractivity contribution in [2.24, 2.45) is 11.8 Å². The first kappa shape index (κ1) is 13.9. The van der Waals surface area contributed by atoms with E-state index in [0.29, 0.717) is 30.3 Å². The van der Waals surface area contributed by atoms with E-state index in [1.54, 1.807) is 0 Å². The lowest BCUT2D eigenvalue weighted by molar-refractivity contribution is 0.195. The number of hydrogen-bond acceptors (Lipinski definition) is 4. The molecule has 0 saturated heterocycles. The molecule has 4 nitrogen and oxygen atoms in total. The van der Waals surface area contributed by atoms with Crippen LogP contribution in [0.2, 0.25) is 0 Å². The first-order valence-corrected chi connectivity index (χ1v) is 7.50. The van der Waals surface area contributed by atoms with Crippen LogP contribution in [0.1, 0.15) is 19.8 Å². The third-order valence-corrected chi connectivity index (χ3v) is 4.14. The zero-order chi connectivity index (χ0) is 14.7. The highest BCUT2D eigenvalue weighted by molar-refractivity contribution is 5.84. The second-order valence-electron chi connectivity index (χ2n) is 5.61. The van der Waals surface area contributed by atoms with Crippen molar-refractivity contribution < 1.29 is 4.74 Å². The molecule has 110 valence electrons. The Hall–Kier alpha value is -2.10. The number of hydrogen-bond donors (Lipinski definition) is 1. The number of benzene rings is 1. The van der Waals surface area contributed by atoms with E-state index in [-0.39, 0.29) is 0 Å². The number of aromatic nitrogens is 2. The summed E-state index contributed by atoms with van der Waals surface area (Å²) in [7, 11) is 1.82. The van der Waals surface area contributed by atoms with Crippen LogP contribution in [0, 0.1) is 11.8 Å². The van der Waals surface area contributed by atoms with Crippen molar-refractivity contribution in [1.29, 1.82) is 0 Å². The zero-order valence-corrected chi connectivity index (χ0v) is 12.5. The molecule has 0 radical (unpaired) electrons. The first-order chi connectivity index (χ1) is 10.3. The summed E-state index contributed by atoms with van der Waals surface area (Å²) in [4.78, 5) is 8.92. The van der Waals surface area contributed by atoms with Crippen LogP contribution >= 0.6 is 0 Å². The van der Waals surface area contributed by atoms with Gasteiger partial charge in [-0.2, -0.15) is 4.98 Å². The second-order valence-corrected chi connectivity index (χ2v) is 5.61. The summed E-state index contributed by atoms with van der Waals surface area (Å²) in [6.07, 6.45) is 6.74. The van der Waals surface area contributed by atoms with Crippen molar-refractivity contribution in [3.8, 4) is 5.88 Å². The molecule has 1 heterocycles. The average molecular weight is 283 g/mol. The lowest BCUT2D eigenvalue weighted by Gasteiger charge is -2.25. The number of ether oxygens (including phenoxy) is 1. The van der Waals surface area contributed by atoms with E-state index < -0.39 is 0 Å². The number of nitrogens with zero attached hydrogens (tertiary/aromatic N) is 2. The van der Waals surface area contributed by atoms with Gasteiger partial charge in [-0.1, -0.05) is 31.2 Å². The fourth-order valence-corrected chi connectivity index (χ4v) is 2.69. The Morgan fingerprint density at radius 2 is 2.00 bits per heavy atom. The van der Waals surface area contributed by atoms with Crippen LogP contribution < -0.4 is 10.1 Å². The second kappa shape index (κ2) is 6.12. The van der Waals surface area contributed by atoms with Crippen molar-refractivity contribution in [2.45, 2.75) is 19.8 Å². The summed E-state index contributed by atoms with van der Waals surface area (Å²) < 4.78 is 6.05. The van der Waals surface area contributed by atoms with Gasteiger partial charge in [-0.3, -0.25) is 0 Å². The van der Waals surface area contributed by atoms with E-state index in [9.17, 15) is 0 Å². The predicted octanol–water partition coefficient (Wildman–Crippen LogP) is 3.65. The molecular formula is C17H21N3O. The van der Waals surface area contributed by atoms with Crippen molar-refractivity contribution in [3.63, 3.8) is 0 Å². The number of rotatable bonds is 4.